The highest BCUT2D eigenvalue weighted by Gasteiger charge is 2.19. The summed E-state index contributed by atoms with van der Waals surface area (Å²) in [4.78, 5) is 23.9. The van der Waals surface area contributed by atoms with Gasteiger partial charge in [0.25, 0.3) is 0 Å². The molecule has 3 aromatic rings. The number of aromatic nitrogens is 3. The molecule has 1 aliphatic rings. The summed E-state index contributed by atoms with van der Waals surface area (Å²) in [5.41, 5.74) is 1.97. The van der Waals surface area contributed by atoms with E-state index in [1.165, 1.54) is 25.3 Å². The van der Waals surface area contributed by atoms with Crippen LogP contribution < -0.4 is 5.32 Å². The number of nitrogens with zero attached hydrogens (tertiary/aromatic N) is 4. The van der Waals surface area contributed by atoms with Gasteiger partial charge in [-0.3, -0.25) is 9.69 Å². The molecule has 0 bridgehead atoms. The largest absolute Gasteiger partial charge is 0.341 e. The number of pyridine rings is 1. The molecule has 0 spiro atoms. The SMILES string of the molecule is C[C@@H](NC(=O)CCc1nc2cccnc2n1Cc1ccc(F)c(F)c1)N1CCCCC1. The van der Waals surface area contributed by atoms with Gasteiger partial charge in [0.15, 0.2) is 17.3 Å². The second-order valence-corrected chi connectivity index (χ2v) is 8.05. The first-order valence-corrected chi connectivity index (χ1v) is 10.8. The first-order chi connectivity index (χ1) is 15.0. The summed E-state index contributed by atoms with van der Waals surface area (Å²) in [5, 5.41) is 3.08. The molecule has 1 aliphatic heterocycles. The summed E-state index contributed by atoms with van der Waals surface area (Å²) in [6.07, 6.45) is 5.98. The molecule has 0 radical (unpaired) electrons. The minimum atomic E-state index is -0.887. The Morgan fingerprint density at radius 1 is 1.16 bits per heavy atom. The zero-order chi connectivity index (χ0) is 21.8. The van der Waals surface area contributed by atoms with Gasteiger partial charge in [-0.1, -0.05) is 12.5 Å². The number of piperidine rings is 1. The van der Waals surface area contributed by atoms with Gasteiger partial charge in [0.2, 0.25) is 5.91 Å². The van der Waals surface area contributed by atoms with Crippen molar-refractivity contribution in [1.82, 2.24) is 24.8 Å². The van der Waals surface area contributed by atoms with Gasteiger partial charge in [-0.25, -0.2) is 18.7 Å². The van der Waals surface area contributed by atoms with Crippen LogP contribution in [0, 0.1) is 11.6 Å². The number of fused-ring (bicyclic) bond motifs is 1. The molecule has 1 saturated heterocycles. The summed E-state index contributed by atoms with van der Waals surface area (Å²) in [6.45, 7) is 4.34. The molecule has 1 atom stereocenters. The second kappa shape index (κ2) is 9.51. The quantitative estimate of drug-likeness (QED) is 0.625. The molecular weight excluding hydrogens is 400 g/mol. The lowest BCUT2D eigenvalue weighted by atomic mass is 10.1. The Morgan fingerprint density at radius 3 is 2.74 bits per heavy atom. The van der Waals surface area contributed by atoms with Gasteiger partial charge in [-0.2, -0.15) is 0 Å². The van der Waals surface area contributed by atoms with Crippen LogP contribution in [0.5, 0.6) is 0 Å². The van der Waals surface area contributed by atoms with E-state index in [2.05, 4.69) is 20.2 Å². The molecule has 31 heavy (non-hydrogen) atoms. The van der Waals surface area contributed by atoms with E-state index in [0.29, 0.717) is 41.9 Å². The van der Waals surface area contributed by atoms with Crippen molar-refractivity contribution < 1.29 is 13.6 Å². The summed E-state index contributed by atoms with van der Waals surface area (Å²) in [5.74, 6) is -1.10. The van der Waals surface area contributed by atoms with Gasteiger partial charge in [0, 0.05) is 32.1 Å². The Bertz CT molecular complexity index is 1060. The fourth-order valence-electron chi connectivity index (χ4n) is 4.11. The van der Waals surface area contributed by atoms with Crippen molar-refractivity contribution in [2.24, 2.45) is 0 Å². The first-order valence-electron chi connectivity index (χ1n) is 10.8. The summed E-state index contributed by atoms with van der Waals surface area (Å²) < 4.78 is 28.8. The molecule has 3 heterocycles. The number of nitrogens with one attached hydrogen (secondary N) is 1. The highest BCUT2D eigenvalue weighted by molar-refractivity contribution is 5.76. The predicted octanol–water partition coefficient (Wildman–Crippen LogP) is 3.64. The standard InChI is InChI=1S/C23H27F2N5O/c1-16(29-12-3-2-4-13-29)27-22(31)10-9-21-28-20-6-5-11-26-23(20)30(21)15-17-7-8-18(24)19(25)14-17/h5-8,11,14,16H,2-4,9-10,12-13,15H2,1H3,(H,27,31)/t16-/m0/s1. The number of halogens is 2. The number of likely N-dealkylation sites (tertiary alicyclic amines) is 1. The van der Waals surface area contributed by atoms with Crippen molar-refractivity contribution in [3.05, 3.63) is 59.6 Å². The van der Waals surface area contributed by atoms with Crippen LogP contribution in [-0.4, -0.2) is 44.6 Å². The number of carbonyl (C=O) groups is 1. The lowest BCUT2D eigenvalue weighted by Gasteiger charge is -2.32. The van der Waals surface area contributed by atoms with E-state index in [-0.39, 0.29) is 12.1 Å². The maximum absolute atomic E-state index is 13.7. The fourth-order valence-corrected chi connectivity index (χ4v) is 4.11. The fraction of sp³-hybridized carbons (Fsp3) is 0.435. The monoisotopic (exact) mass is 427 g/mol. The third-order valence-corrected chi connectivity index (χ3v) is 5.79. The van der Waals surface area contributed by atoms with Crippen molar-refractivity contribution in [1.29, 1.82) is 0 Å². The third-order valence-electron chi connectivity index (χ3n) is 5.79. The van der Waals surface area contributed by atoms with Crippen LogP contribution in [0.4, 0.5) is 8.78 Å². The number of benzene rings is 1. The second-order valence-electron chi connectivity index (χ2n) is 8.05. The molecule has 0 saturated carbocycles. The summed E-state index contributed by atoms with van der Waals surface area (Å²) >= 11 is 0. The lowest BCUT2D eigenvalue weighted by molar-refractivity contribution is -0.123. The van der Waals surface area contributed by atoms with E-state index in [1.807, 2.05) is 17.6 Å². The molecule has 4 rings (SSSR count). The van der Waals surface area contributed by atoms with Crippen molar-refractivity contribution in [2.75, 3.05) is 13.1 Å². The maximum atomic E-state index is 13.7. The summed E-state index contributed by atoms with van der Waals surface area (Å²) in [7, 11) is 0. The van der Waals surface area contributed by atoms with Crippen molar-refractivity contribution in [3.63, 3.8) is 0 Å². The van der Waals surface area contributed by atoms with E-state index in [9.17, 15) is 13.6 Å². The third kappa shape index (κ3) is 5.07. The van der Waals surface area contributed by atoms with Crippen molar-refractivity contribution in [3.8, 4) is 0 Å². The van der Waals surface area contributed by atoms with Crippen molar-refractivity contribution >= 4 is 17.1 Å². The highest BCUT2D eigenvalue weighted by atomic mass is 19.2. The predicted molar refractivity (Wildman–Crippen MR) is 114 cm³/mol. The smallest absolute Gasteiger partial charge is 0.221 e. The summed E-state index contributed by atoms with van der Waals surface area (Å²) in [6, 6.07) is 7.50. The molecule has 164 valence electrons. The average molecular weight is 427 g/mol. The van der Waals surface area contributed by atoms with Gasteiger partial charge in [-0.05, 0) is 49.6 Å². The molecule has 6 nitrogen and oxygen atoms in total. The maximum Gasteiger partial charge on any atom is 0.221 e. The molecule has 1 aromatic carbocycles. The van der Waals surface area contributed by atoms with Gasteiger partial charge >= 0.3 is 0 Å². The highest BCUT2D eigenvalue weighted by Crippen LogP contribution is 2.19. The number of aryl methyl sites for hydroxylation is 1. The molecular formula is C23H27F2N5O. The number of rotatable bonds is 7. The Labute approximate surface area is 180 Å². The Hall–Kier alpha value is -2.87. The van der Waals surface area contributed by atoms with E-state index < -0.39 is 11.6 Å². The molecule has 1 N–H and O–H groups in total. The normalized spacial score (nSPS) is 15.8. The van der Waals surface area contributed by atoms with E-state index in [4.69, 9.17) is 0 Å². The van der Waals surface area contributed by atoms with Crippen LogP contribution in [0.2, 0.25) is 0 Å². The van der Waals surface area contributed by atoms with E-state index in [1.54, 1.807) is 18.3 Å². The lowest BCUT2D eigenvalue weighted by Crippen LogP contribution is -2.48. The number of hydrogen-bond acceptors (Lipinski definition) is 4. The molecule has 0 aliphatic carbocycles. The first kappa shape index (κ1) is 21.4. The van der Waals surface area contributed by atoms with Crippen LogP contribution in [0.15, 0.2) is 36.5 Å². The van der Waals surface area contributed by atoms with Crippen LogP contribution in [0.3, 0.4) is 0 Å². The molecule has 8 heteroatoms. The molecule has 1 fully saturated rings. The Kier molecular flexibility index (Phi) is 6.56. The van der Waals surface area contributed by atoms with Crippen molar-refractivity contribution in [2.45, 2.75) is 51.7 Å². The molecule has 1 amide bonds. The number of carbonyl (C=O) groups excluding carboxylic acids is 1. The van der Waals surface area contributed by atoms with Crippen LogP contribution in [0.1, 0.15) is 44.0 Å². The van der Waals surface area contributed by atoms with Crippen LogP contribution in [-0.2, 0) is 17.8 Å². The van der Waals surface area contributed by atoms with Gasteiger partial charge in [-0.15, -0.1) is 0 Å². The van der Waals surface area contributed by atoms with E-state index in [0.717, 1.165) is 19.2 Å². The average Bonchev–Trinajstić information content (AvgIpc) is 3.13. The number of hydrogen-bond donors (Lipinski definition) is 1. The molecule has 2 aromatic heterocycles. The minimum Gasteiger partial charge on any atom is -0.341 e. The van der Waals surface area contributed by atoms with Gasteiger partial charge in [0.1, 0.15) is 11.3 Å². The number of imidazole rings is 1. The zero-order valence-corrected chi connectivity index (χ0v) is 17.7. The minimum absolute atomic E-state index is 0.00970. The van der Waals surface area contributed by atoms with Crippen LogP contribution in [0.25, 0.3) is 11.2 Å². The van der Waals surface area contributed by atoms with Crippen LogP contribution >= 0.6 is 0 Å². The topological polar surface area (TPSA) is 63.1 Å². The van der Waals surface area contributed by atoms with Gasteiger partial charge < -0.3 is 9.88 Å². The Balaban J connectivity index is 1.47. The van der Waals surface area contributed by atoms with Gasteiger partial charge in [0.05, 0.1) is 12.7 Å². The molecule has 0 unspecified atom stereocenters. The zero-order valence-electron chi connectivity index (χ0n) is 17.7. The van der Waals surface area contributed by atoms with E-state index >= 15 is 0 Å². The number of amides is 1. The Morgan fingerprint density at radius 2 is 1.97 bits per heavy atom.